The van der Waals surface area contributed by atoms with Gasteiger partial charge in [0.2, 0.25) is 0 Å². The number of aliphatic hydroxyl groups is 1. The van der Waals surface area contributed by atoms with Crippen LogP contribution in [0.25, 0.3) is 0 Å². The second-order valence-corrected chi connectivity index (χ2v) is 4.42. The van der Waals surface area contributed by atoms with Gasteiger partial charge in [-0.05, 0) is 31.6 Å². The highest BCUT2D eigenvalue weighted by atomic mass is 19.4. The molecule has 0 heterocycles. The average Bonchev–Trinajstić information content (AvgIpc) is 2.18. The number of alkyl halides is 3. The first-order chi connectivity index (χ1) is 7.49. The Balaban J connectivity index is 2.02. The van der Waals surface area contributed by atoms with Gasteiger partial charge in [0.1, 0.15) is 6.61 Å². The number of hydrogen-bond donors (Lipinski definition) is 1. The molecule has 2 nitrogen and oxygen atoms in total. The molecule has 0 saturated heterocycles. The molecule has 0 bridgehead atoms. The normalized spacial score (nSPS) is 27.0. The summed E-state index contributed by atoms with van der Waals surface area (Å²) >= 11 is 0. The topological polar surface area (TPSA) is 29.5 Å². The standard InChI is InChI=1S/C11H19F3O2/c12-11(13,14)8-16-7-3-5-9-4-1-2-6-10(9)15/h9-10,15H,1-8H2. The lowest BCUT2D eigenvalue weighted by Gasteiger charge is -2.27. The van der Waals surface area contributed by atoms with Crippen LogP contribution in [0.15, 0.2) is 0 Å². The van der Waals surface area contributed by atoms with Gasteiger partial charge in [0, 0.05) is 6.61 Å². The summed E-state index contributed by atoms with van der Waals surface area (Å²) in [5.74, 6) is 0.253. The van der Waals surface area contributed by atoms with E-state index >= 15 is 0 Å². The lowest BCUT2D eigenvalue weighted by atomic mass is 9.84. The smallest absolute Gasteiger partial charge is 0.393 e. The van der Waals surface area contributed by atoms with E-state index in [9.17, 15) is 18.3 Å². The third-order valence-corrected chi connectivity index (χ3v) is 3.00. The first kappa shape index (κ1) is 13.8. The fourth-order valence-electron chi connectivity index (χ4n) is 2.16. The molecule has 1 fully saturated rings. The SMILES string of the molecule is OC1CCCCC1CCCOCC(F)(F)F. The molecule has 0 aromatic heterocycles. The van der Waals surface area contributed by atoms with Crippen molar-refractivity contribution in [2.45, 2.75) is 50.8 Å². The number of rotatable bonds is 5. The summed E-state index contributed by atoms with van der Waals surface area (Å²) in [6.07, 6.45) is 0.847. The van der Waals surface area contributed by atoms with Crippen LogP contribution in [-0.4, -0.2) is 30.6 Å². The van der Waals surface area contributed by atoms with E-state index in [4.69, 9.17) is 0 Å². The lowest BCUT2D eigenvalue weighted by molar-refractivity contribution is -0.174. The van der Waals surface area contributed by atoms with Crippen molar-refractivity contribution in [2.24, 2.45) is 5.92 Å². The van der Waals surface area contributed by atoms with Crippen LogP contribution in [0.1, 0.15) is 38.5 Å². The number of aliphatic hydroxyl groups excluding tert-OH is 1. The molecule has 0 amide bonds. The van der Waals surface area contributed by atoms with Crippen molar-refractivity contribution >= 4 is 0 Å². The Kier molecular flexibility index (Phi) is 5.55. The maximum absolute atomic E-state index is 11.7. The van der Waals surface area contributed by atoms with Crippen molar-refractivity contribution in [2.75, 3.05) is 13.2 Å². The lowest BCUT2D eigenvalue weighted by Crippen LogP contribution is -2.25. The zero-order valence-electron chi connectivity index (χ0n) is 9.30. The molecule has 1 aliphatic rings. The first-order valence-corrected chi connectivity index (χ1v) is 5.81. The Hall–Kier alpha value is -0.290. The zero-order valence-corrected chi connectivity index (χ0v) is 9.30. The third-order valence-electron chi connectivity index (χ3n) is 3.00. The quantitative estimate of drug-likeness (QED) is 0.749. The summed E-state index contributed by atoms with van der Waals surface area (Å²) in [5, 5.41) is 9.63. The van der Waals surface area contributed by atoms with Crippen LogP contribution >= 0.6 is 0 Å². The number of hydrogen-bond acceptors (Lipinski definition) is 2. The van der Waals surface area contributed by atoms with Gasteiger partial charge in [-0.3, -0.25) is 0 Å². The van der Waals surface area contributed by atoms with E-state index in [0.717, 1.165) is 32.1 Å². The molecule has 5 heteroatoms. The van der Waals surface area contributed by atoms with Gasteiger partial charge in [-0.1, -0.05) is 12.8 Å². The molecule has 16 heavy (non-hydrogen) atoms. The van der Waals surface area contributed by atoms with Crippen molar-refractivity contribution in [1.82, 2.24) is 0 Å². The van der Waals surface area contributed by atoms with Gasteiger partial charge in [-0.15, -0.1) is 0 Å². The van der Waals surface area contributed by atoms with E-state index in [1.54, 1.807) is 0 Å². The molecule has 0 spiro atoms. The van der Waals surface area contributed by atoms with Gasteiger partial charge in [0.25, 0.3) is 0 Å². The predicted molar refractivity (Wildman–Crippen MR) is 54.1 cm³/mol. The van der Waals surface area contributed by atoms with E-state index in [2.05, 4.69) is 4.74 Å². The Morgan fingerprint density at radius 2 is 1.88 bits per heavy atom. The molecule has 2 atom stereocenters. The Morgan fingerprint density at radius 3 is 2.50 bits per heavy atom. The fourth-order valence-corrected chi connectivity index (χ4v) is 2.16. The molecule has 96 valence electrons. The monoisotopic (exact) mass is 240 g/mol. The Morgan fingerprint density at radius 1 is 1.19 bits per heavy atom. The maximum atomic E-state index is 11.7. The largest absolute Gasteiger partial charge is 0.411 e. The summed E-state index contributed by atoms with van der Waals surface area (Å²) in [4.78, 5) is 0. The van der Waals surface area contributed by atoms with Crippen LogP contribution < -0.4 is 0 Å². The second-order valence-electron chi connectivity index (χ2n) is 4.42. The highest BCUT2D eigenvalue weighted by molar-refractivity contribution is 4.74. The molecular formula is C11H19F3O2. The van der Waals surface area contributed by atoms with E-state index in [-0.39, 0.29) is 18.6 Å². The van der Waals surface area contributed by atoms with Gasteiger partial charge in [0.05, 0.1) is 6.10 Å². The summed E-state index contributed by atoms with van der Waals surface area (Å²) in [6.45, 7) is -1.04. The minimum absolute atomic E-state index is 0.128. The van der Waals surface area contributed by atoms with Crippen LogP contribution in [0.3, 0.4) is 0 Å². The Bertz CT molecular complexity index is 194. The molecule has 1 saturated carbocycles. The van der Waals surface area contributed by atoms with E-state index in [1.807, 2.05) is 0 Å². The highest BCUT2D eigenvalue weighted by Gasteiger charge is 2.27. The molecular weight excluding hydrogens is 221 g/mol. The summed E-state index contributed by atoms with van der Waals surface area (Å²) in [5.41, 5.74) is 0. The number of halogens is 3. The highest BCUT2D eigenvalue weighted by Crippen LogP contribution is 2.27. The molecule has 0 aromatic carbocycles. The van der Waals surface area contributed by atoms with Crippen molar-refractivity contribution in [3.8, 4) is 0 Å². The summed E-state index contributed by atoms with van der Waals surface area (Å²) < 4.78 is 39.7. The molecule has 1 rings (SSSR count). The fraction of sp³-hybridized carbons (Fsp3) is 1.00. The van der Waals surface area contributed by atoms with Crippen molar-refractivity contribution in [1.29, 1.82) is 0 Å². The molecule has 0 aromatic rings. The predicted octanol–water partition coefficient (Wildman–Crippen LogP) is 2.90. The van der Waals surface area contributed by atoms with Crippen molar-refractivity contribution in [3.63, 3.8) is 0 Å². The van der Waals surface area contributed by atoms with Gasteiger partial charge < -0.3 is 9.84 Å². The van der Waals surface area contributed by atoms with Gasteiger partial charge in [-0.25, -0.2) is 0 Å². The molecule has 1 aliphatic carbocycles. The molecule has 0 radical (unpaired) electrons. The second kappa shape index (κ2) is 6.45. The van der Waals surface area contributed by atoms with Crippen LogP contribution in [0, 0.1) is 5.92 Å². The van der Waals surface area contributed by atoms with Crippen LogP contribution in [-0.2, 0) is 4.74 Å². The molecule has 2 unspecified atom stereocenters. The van der Waals surface area contributed by atoms with E-state index in [1.165, 1.54) is 0 Å². The van der Waals surface area contributed by atoms with Crippen molar-refractivity contribution in [3.05, 3.63) is 0 Å². The first-order valence-electron chi connectivity index (χ1n) is 5.81. The van der Waals surface area contributed by atoms with Gasteiger partial charge in [-0.2, -0.15) is 13.2 Å². The molecule has 1 N–H and O–H groups in total. The third kappa shape index (κ3) is 5.70. The van der Waals surface area contributed by atoms with Crippen molar-refractivity contribution < 1.29 is 23.0 Å². The maximum Gasteiger partial charge on any atom is 0.411 e. The molecule has 0 aliphatic heterocycles. The average molecular weight is 240 g/mol. The Labute approximate surface area is 93.8 Å². The summed E-state index contributed by atoms with van der Waals surface area (Å²) in [6, 6.07) is 0. The minimum atomic E-state index is -4.23. The number of ether oxygens (including phenoxy) is 1. The van der Waals surface area contributed by atoms with Crippen LogP contribution in [0.4, 0.5) is 13.2 Å². The van der Waals surface area contributed by atoms with Crippen LogP contribution in [0.5, 0.6) is 0 Å². The van der Waals surface area contributed by atoms with E-state index < -0.39 is 12.8 Å². The van der Waals surface area contributed by atoms with Gasteiger partial charge in [0.15, 0.2) is 0 Å². The van der Waals surface area contributed by atoms with E-state index in [0.29, 0.717) is 6.42 Å². The zero-order chi connectivity index (χ0) is 12.0. The van der Waals surface area contributed by atoms with Gasteiger partial charge >= 0.3 is 6.18 Å². The van der Waals surface area contributed by atoms with Crippen LogP contribution in [0.2, 0.25) is 0 Å². The summed E-state index contributed by atoms with van der Waals surface area (Å²) in [7, 11) is 0. The minimum Gasteiger partial charge on any atom is -0.393 e.